The molecule has 106 valence electrons. The van der Waals surface area contributed by atoms with Gasteiger partial charge in [0.25, 0.3) is 0 Å². The molecule has 0 aromatic heterocycles. The van der Waals surface area contributed by atoms with Gasteiger partial charge in [0.05, 0.1) is 13.2 Å². The van der Waals surface area contributed by atoms with E-state index in [1.165, 1.54) is 5.56 Å². The number of ether oxygens (including phenoxy) is 2. The van der Waals surface area contributed by atoms with Crippen LogP contribution in [0.1, 0.15) is 12.0 Å². The third-order valence-corrected chi connectivity index (χ3v) is 2.85. The second-order valence-electron chi connectivity index (χ2n) is 4.54. The Balaban J connectivity index is 1.67. The van der Waals surface area contributed by atoms with Crippen LogP contribution >= 0.6 is 0 Å². The van der Waals surface area contributed by atoms with E-state index in [4.69, 9.17) is 9.47 Å². The van der Waals surface area contributed by atoms with Crippen molar-refractivity contribution in [2.45, 2.75) is 13.0 Å². The van der Waals surface area contributed by atoms with E-state index >= 15 is 0 Å². The molecular formula is C17H21NO2. The van der Waals surface area contributed by atoms with Crippen molar-refractivity contribution < 1.29 is 9.47 Å². The molecule has 0 spiro atoms. The quantitative estimate of drug-likeness (QED) is 0.748. The molecule has 0 bridgehead atoms. The Hall–Kier alpha value is -2.00. The molecular weight excluding hydrogens is 250 g/mol. The largest absolute Gasteiger partial charge is 0.493 e. The number of hydrogen-bond acceptors (Lipinski definition) is 3. The Morgan fingerprint density at radius 1 is 0.850 bits per heavy atom. The molecule has 1 N–H and O–H groups in total. The Bertz CT molecular complexity index is 499. The smallest absolute Gasteiger partial charge is 0.119 e. The Labute approximate surface area is 120 Å². The van der Waals surface area contributed by atoms with Crippen molar-refractivity contribution >= 4 is 0 Å². The van der Waals surface area contributed by atoms with Gasteiger partial charge in [0, 0.05) is 13.0 Å². The van der Waals surface area contributed by atoms with Crippen LogP contribution in [0.3, 0.4) is 0 Å². The summed E-state index contributed by atoms with van der Waals surface area (Å²) in [7, 11) is 1.94. The van der Waals surface area contributed by atoms with Crippen LogP contribution < -0.4 is 14.8 Å². The van der Waals surface area contributed by atoms with E-state index in [9.17, 15) is 0 Å². The summed E-state index contributed by atoms with van der Waals surface area (Å²) in [5, 5.41) is 3.13. The van der Waals surface area contributed by atoms with E-state index in [0.717, 1.165) is 24.5 Å². The first kappa shape index (κ1) is 14.4. The van der Waals surface area contributed by atoms with E-state index in [1.54, 1.807) is 0 Å². The van der Waals surface area contributed by atoms with Crippen LogP contribution in [0.2, 0.25) is 0 Å². The lowest BCUT2D eigenvalue weighted by atomic mass is 10.2. The van der Waals surface area contributed by atoms with Gasteiger partial charge in [-0.25, -0.2) is 0 Å². The highest BCUT2D eigenvalue weighted by atomic mass is 16.5. The molecule has 0 unspecified atom stereocenters. The van der Waals surface area contributed by atoms with Crippen molar-refractivity contribution in [1.29, 1.82) is 0 Å². The van der Waals surface area contributed by atoms with Crippen molar-refractivity contribution in [3.05, 3.63) is 60.2 Å². The van der Waals surface area contributed by atoms with Crippen molar-refractivity contribution in [3.8, 4) is 11.5 Å². The molecule has 0 aliphatic heterocycles. The predicted octanol–water partition coefficient (Wildman–Crippen LogP) is 3.25. The molecule has 2 rings (SSSR count). The molecule has 0 saturated heterocycles. The van der Waals surface area contributed by atoms with Crippen LogP contribution in [0.5, 0.6) is 11.5 Å². The van der Waals surface area contributed by atoms with Crippen LogP contribution in [-0.4, -0.2) is 20.3 Å². The van der Waals surface area contributed by atoms with Crippen molar-refractivity contribution in [2.24, 2.45) is 0 Å². The van der Waals surface area contributed by atoms with Gasteiger partial charge in [0.15, 0.2) is 0 Å². The van der Waals surface area contributed by atoms with Crippen LogP contribution in [0.15, 0.2) is 54.6 Å². The summed E-state index contributed by atoms with van der Waals surface area (Å²) in [5.41, 5.74) is 1.23. The molecule has 2 aromatic rings. The van der Waals surface area contributed by atoms with Gasteiger partial charge in [-0.3, -0.25) is 0 Å². The molecule has 0 aliphatic carbocycles. The maximum absolute atomic E-state index is 5.72. The van der Waals surface area contributed by atoms with Gasteiger partial charge in [0.1, 0.15) is 11.5 Å². The third kappa shape index (κ3) is 4.94. The lowest BCUT2D eigenvalue weighted by Crippen LogP contribution is -2.07. The summed E-state index contributed by atoms with van der Waals surface area (Å²) < 4.78 is 11.3. The summed E-state index contributed by atoms with van der Waals surface area (Å²) in [6.45, 7) is 2.18. The van der Waals surface area contributed by atoms with E-state index in [1.807, 2.05) is 49.5 Å². The fraction of sp³-hybridized carbons (Fsp3) is 0.294. The SMILES string of the molecule is CNCc1cccc(OCCCOc2ccccc2)c1. The highest BCUT2D eigenvalue weighted by molar-refractivity contribution is 5.28. The van der Waals surface area contributed by atoms with E-state index in [0.29, 0.717) is 13.2 Å². The zero-order valence-electron chi connectivity index (χ0n) is 11.8. The maximum Gasteiger partial charge on any atom is 0.119 e. The first-order chi connectivity index (χ1) is 9.88. The summed E-state index contributed by atoms with van der Waals surface area (Å²) >= 11 is 0. The minimum absolute atomic E-state index is 0.663. The van der Waals surface area contributed by atoms with E-state index in [2.05, 4.69) is 17.4 Å². The summed E-state index contributed by atoms with van der Waals surface area (Å²) in [5.74, 6) is 1.82. The Morgan fingerprint density at radius 3 is 2.30 bits per heavy atom. The molecule has 2 aromatic carbocycles. The van der Waals surface area contributed by atoms with Gasteiger partial charge in [-0.15, -0.1) is 0 Å². The first-order valence-electron chi connectivity index (χ1n) is 6.92. The molecule has 3 heteroatoms. The van der Waals surface area contributed by atoms with Crippen LogP contribution in [0.4, 0.5) is 0 Å². The van der Waals surface area contributed by atoms with E-state index in [-0.39, 0.29) is 0 Å². The maximum atomic E-state index is 5.72. The minimum Gasteiger partial charge on any atom is -0.493 e. The summed E-state index contributed by atoms with van der Waals surface area (Å²) in [4.78, 5) is 0. The van der Waals surface area contributed by atoms with Gasteiger partial charge < -0.3 is 14.8 Å². The topological polar surface area (TPSA) is 30.5 Å². The fourth-order valence-corrected chi connectivity index (χ4v) is 1.91. The normalized spacial score (nSPS) is 10.2. The van der Waals surface area contributed by atoms with E-state index < -0.39 is 0 Å². The highest BCUT2D eigenvalue weighted by Crippen LogP contribution is 2.13. The van der Waals surface area contributed by atoms with Gasteiger partial charge in [-0.05, 0) is 36.9 Å². The van der Waals surface area contributed by atoms with Crippen molar-refractivity contribution in [3.63, 3.8) is 0 Å². The molecule has 0 saturated carbocycles. The summed E-state index contributed by atoms with van der Waals surface area (Å²) in [6.07, 6.45) is 0.866. The number of benzene rings is 2. The number of para-hydroxylation sites is 1. The number of nitrogens with one attached hydrogen (secondary N) is 1. The van der Waals surface area contributed by atoms with Gasteiger partial charge in [-0.2, -0.15) is 0 Å². The molecule has 0 atom stereocenters. The molecule has 0 aliphatic rings. The highest BCUT2D eigenvalue weighted by Gasteiger charge is 1.97. The zero-order chi connectivity index (χ0) is 14.0. The van der Waals surface area contributed by atoms with Gasteiger partial charge in [0.2, 0.25) is 0 Å². The zero-order valence-corrected chi connectivity index (χ0v) is 11.8. The molecule has 20 heavy (non-hydrogen) atoms. The Kier molecular flexibility index (Phi) is 5.93. The second kappa shape index (κ2) is 8.23. The number of rotatable bonds is 8. The molecule has 0 heterocycles. The van der Waals surface area contributed by atoms with Crippen molar-refractivity contribution in [2.75, 3.05) is 20.3 Å². The van der Waals surface area contributed by atoms with Crippen LogP contribution in [0.25, 0.3) is 0 Å². The van der Waals surface area contributed by atoms with Gasteiger partial charge >= 0.3 is 0 Å². The number of hydrogen-bond donors (Lipinski definition) is 1. The summed E-state index contributed by atoms with van der Waals surface area (Å²) in [6, 6.07) is 18.0. The van der Waals surface area contributed by atoms with Crippen molar-refractivity contribution in [1.82, 2.24) is 5.32 Å². The average Bonchev–Trinajstić information content (AvgIpc) is 2.49. The molecule has 0 amide bonds. The molecule has 0 radical (unpaired) electrons. The average molecular weight is 271 g/mol. The standard InChI is InChI=1S/C17H21NO2/c1-18-14-15-7-5-10-17(13-15)20-12-6-11-19-16-8-3-2-4-9-16/h2-5,7-10,13,18H,6,11-12,14H2,1H3. The Morgan fingerprint density at radius 2 is 1.55 bits per heavy atom. The second-order valence-corrected chi connectivity index (χ2v) is 4.54. The van der Waals surface area contributed by atoms with Gasteiger partial charge in [-0.1, -0.05) is 30.3 Å². The first-order valence-corrected chi connectivity index (χ1v) is 6.92. The lowest BCUT2D eigenvalue weighted by Gasteiger charge is -2.09. The lowest BCUT2D eigenvalue weighted by molar-refractivity contribution is 0.247. The van der Waals surface area contributed by atoms with Crippen LogP contribution in [-0.2, 0) is 6.54 Å². The fourth-order valence-electron chi connectivity index (χ4n) is 1.91. The monoisotopic (exact) mass is 271 g/mol. The third-order valence-electron chi connectivity index (χ3n) is 2.85. The van der Waals surface area contributed by atoms with Crippen LogP contribution in [0, 0.1) is 0 Å². The minimum atomic E-state index is 0.663. The molecule has 0 fully saturated rings. The molecule has 3 nitrogen and oxygen atoms in total. The predicted molar refractivity (Wildman–Crippen MR) is 81.3 cm³/mol.